The number of carbonyl (C=O) groups excluding carboxylic acids is 1. The Hall–Kier alpha value is -0.910. The van der Waals surface area contributed by atoms with Gasteiger partial charge in [0.1, 0.15) is 6.10 Å². The molecule has 6 atom stereocenters. The number of hydrogen-bond acceptors (Lipinski definition) is 5. The van der Waals surface area contributed by atoms with E-state index in [4.69, 9.17) is 9.47 Å². The second kappa shape index (κ2) is 7.14. The van der Waals surface area contributed by atoms with Crippen LogP contribution < -0.4 is 5.32 Å². The minimum Gasteiger partial charge on any atom is -0.461 e. The Morgan fingerprint density at radius 2 is 2.29 bits per heavy atom. The van der Waals surface area contributed by atoms with Crippen molar-refractivity contribution in [2.75, 3.05) is 26.8 Å². The molecule has 0 aromatic carbocycles. The van der Waals surface area contributed by atoms with E-state index in [-0.39, 0.29) is 29.3 Å². The van der Waals surface area contributed by atoms with E-state index in [9.17, 15) is 9.90 Å². The lowest BCUT2D eigenvalue weighted by atomic mass is 9.55. The fourth-order valence-corrected chi connectivity index (χ4v) is 4.90. The minimum absolute atomic E-state index is 0.102. The van der Waals surface area contributed by atoms with Crippen molar-refractivity contribution in [1.82, 2.24) is 5.32 Å². The highest BCUT2D eigenvalue weighted by Gasteiger charge is 2.59. The van der Waals surface area contributed by atoms with Crippen LogP contribution in [0.5, 0.6) is 0 Å². The molecule has 24 heavy (non-hydrogen) atoms. The lowest BCUT2D eigenvalue weighted by Gasteiger charge is -2.51. The van der Waals surface area contributed by atoms with E-state index in [2.05, 4.69) is 25.2 Å². The molecule has 0 aromatic rings. The van der Waals surface area contributed by atoms with Crippen LogP contribution in [0.15, 0.2) is 11.6 Å². The van der Waals surface area contributed by atoms with Gasteiger partial charge >= 0.3 is 5.97 Å². The highest BCUT2D eigenvalue weighted by Crippen LogP contribution is 2.55. The van der Waals surface area contributed by atoms with Crippen molar-refractivity contribution < 1.29 is 19.4 Å². The first-order chi connectivity index (χ1) is 11.5. The number of ether oxygens (including phenoxy) is 2. The molecule has 136 valence electrons. The van der Waals surface area contributed by atoms with Gasteiger partial charge in [-0.2, -0.15) is 0 Å². The number of methoxy groups -OCH3 is 1. The minimum atomic E-state index is -0.518. The van der Waals surface area contributed by atoms with Gasteiger partial charge in [0.2, 0.25) is 0 Å². The fraction of sp³-hybridized carbons (Fsp3) is 0.842. The van der Waals surface area contributed by atoms with Crippen LogP contribution >= 0.6 is 0 Å². The Bertz CT molecular complexity index is 506. The first kappa shape index (κ1) is 17.9. The molecule has 1 aliphatic heterocycles. The Morgan fingerprint density at radius 3 is 3.04 bits per heavy atom. The molecule has 0 bridgehead atoms. The van der Waals surface area contributed by atoms with Gasteiger partial charge in [0.05, 0.1) is 12.0 Å². The zero-order valence-corrected chi connectivity index (χ0v) is 15.1. The summed E-state index contributed by atoms with van der Waals surface area (Å²) in [6.07, 6.45) is 5.45. The van der Waals surface area contributed by atoms with Gasteiger partial charge < -0.3 is 19.9 Å². The summed E-state index contributed by atoms with van der Waals surface area (Å²) >= 11 is 0. The van der Waals surface area contributed by atoms with Crippen LogP contribution in [0, 0.1) is 23.2 Å². The van der Waals surface area contributed by atoms with Gasteiger partial charge in [-0.3, -0.25) is 4.79 Å². The second-order valence-corrected chi connectivity index (χ2v) is 7.85. The third kappa shape index (κ3) is 2.91. The Labute approximate surface area is 144 Å². The Kier molecular flexibility index (Phi) is 5.33. The molecule has 3 rings (SSSR count). The standard InChI is InChI=1S/C19H31NO4/c1-12-6-4-7-13-10-15-16(17(21)19(12,13)2)14(18(22)24-15)11-20-8-5-9-23-3/h7,12,14-17,20-21H,4-6,8-11H2,1-3H3/t12-,14-,15+,16+,17-,19+/m0/s1. The van der Waals surface area contributed by atoms with E-state index in [0.29, 0.717) is 19.1 Å². The molecule has 5 heteroatoms. The van der Waals surface area contributed by atoms with Crippen molar-refractivity contribution in [3.05, 3.63) is 11.6 Å². The summed E-state index contributed by atoms with van der Waals surface area (Å²) in [5.74, 6) is -0.0755. The quantitative estimate of drug-likeness (QED) is 0.440. The van der Waals surface area contributed by atoms with Gasteiger partial charge in [-0.1, -0.05) is 25.5 Å². The molecule has 2 fully saturated rings. The average Bonchev–Trinajstić information content (AvgIpc) is 2.86. The molecule has 0 unspecified atom stereocenters. The van der Waals surface area contributed by atoms with E-state index in [1.165, 1.54) is 5.57 Å². The largest absolute Gasteiger partial charge is 0.461 e. The molecule has 2 aliphatic carbocycles. The maximum atomic E-state index is 12.4. The molecular formula is C19H31NO4. The molecule has 0 aromatic heterocycles. The van der Waals surface area contributed by atoms with Gasteiger partial charge in [-0.15, -0.1) is 0 Å². The Morgan fingerprint density at radius 1 is 1.50 bits per heavy atom. The first-order valence-corrected chi connectivity index (χ1v) is 9.27. The number of rotatable bonds is 6. The normalized spacial score (nSPS) is 41.4. The van der Waals surface area contributed by atoms with Gasteiger partial charge in [0.25, 0.3) is 0 Å². The monoisotopic (exact) mass is 337 g/mol. The van der Waals surface area contributed by atoms with Crippen LogP contribution in [-0.4, -0.2) is 50.1 Å². The molecule has 5 nitrogen and oxygen atoms in total. The molecule has 0 radical (unpaired) electrons. The van der Waals surface area contributed by atoms with Gasteiger partial charge in [0.15, 0.2) is 0 Å². The van der Waals surface area contributed by atoms with Crippen molar-refractivity contribution in [3.63, 3.8) is 0 Å². The maximum Gasteiger partial charge on any atom is 0.311 e. The fourth-order valence-electron chi connectivity index (χ4n) is 4.90. The molecular weight excluding hydrogens is 306 g/mol. The summed E-state index contributed by atoms with van der Waals surface area (Å²) in [6.45, 7) is 6.50. The highest BCUT2D eigenvalue weighted by atomic mass is 16.6. The number of nitrogens with one attached hydrogen (secondary N) is 1. The van der Waals surface area contributed by atoms with Crippen molar-refractivity contribution in [1.29, 1.82) is 0 Å². The zero-order chi connectivity index (χ0) is 17.3. The predicted octanol–water partition coefficient (Wildman–Crippen LogP) is 1.90. The van der Waals surface area contributed by atoms with E-state index in [1.807, 2.05) is 0 Å². The summed E-state index contributed by atoms with van der Waals surface area (Å²) in [5, 5.41) is 14.5. The summed E-state index contributed by atoms with van der Waals surface area (Å²) in [5.41, 5.74) is 1.07. The van der Waals surface area contributed by atoms with Crippen LogP contribution in [0.2, 0.25) is 0 Å². The van der Waals surface area contributed by atoms with Gasteiger partial charge in [-0.25, -0.2) is 0 Å². The van der Waals surface area contributed by atoms with Crippen LogP contribution in [0.3, 0.4) is 0 Å². The van der Waals surface area contributed by atoms with Gasteiger partial charge in [0, 0.05) is 38.0 Å². The first-order valence-electron chi connectivity index (χ1n) is 9.27. The molecule has 1 saturated carbocycles. The number of hydrogen-bond donors (Lipinski definition) is 2. The Balaban J connectivity index is 1.72. The topological polar surface area (TPSA) is 67.8 Å². The third-order valence-corrected chi connectivity index (χ3v) is 6.64. The zero-order valence-electron chi connectivity index (χ0n) is 15.1. The van der Waals surface area contributed by atoms with Crippen LogP contribution in [-0.2, 0) is 14.3 Å². The highest BCUT2D eigenvalue weighted by molar-refractivity contribution is 5.76. The van der Waals surface area contributed by atoms with Gasteiger partial charge in [-0.05, 0) is 31.7 Å². The lowest BCUT2D eigenvalue weighted by Crippen LogP contribution is -2.54. The van der Waals surface area contributed by atoms with E-state index < -0.39 is 6.10 Å². The molecule has 2 N–H and O–H groups in total. The molecule has 1 saturated heterocycles. The number of aliphatic hydroxyl groups is 1. The van der Waals surface area contributed by atoms with E-state index in [0.717, 1.165) is 32.2 Å². The van der Waals surface area contributed by atoms with Crippen LogP contribution in [0.1, 0.15) is 39.5 Å². The summed E-state index contributed by atoms with van der Waals surface area (Å²) in [7, 11) is 1.69. The van der Waals surface area contributed by atoms with E-state index in [1.54, 1.807) is 7.11 Å². The van der Waals surface area contributed by atoms with E-state index >= 15 is 0 Å². The summed E-state index contributed by atoms with van der Waals surface area (Å²) < 4.78 is 10.7. The number of allylic oxidation sites excluding steroid dienone is 1. The van der Waals surface area contributed by atoms with Crippen molar-refractivity contribution >= 4 is 5.97 Å². The summed E-state index contributed by atoms with van der Waals surface area (Å²) in [6, 6.07) is 0. The van der Waals surface area contributed by atoms with Crippen LogP contribution in [0.25, 0.3) is 0 Å². The number of fused-ring (bicyclic) bond motifs is 2. The molecule has 0 spiro atoms. The SMILES string of the molecule is COCCCNC[C@@H]1C(=O)O[C@@H]2CC3=CCC[C@H](C)[C@@]3(C)[C@@H](O)[C@H]12. The summed E-state index contributed by atoms with van der Waals surface area (Å²) in [4.78, 5) is 12.4. The number of esters is 1. The van der Waals surface area contributed by atoms with Crippen molar-refractivity contribution in [2.45, 2.75) is 51.7 Å². The molecule has 3 aliphatic rings. The number of carbonyl (C=O) groups is 1. The van der Waals surface area contributed by atoms with Crippen molar-refractivity contribution in [3.8, 4) is 0 Å². The van der Waals surface area contributed by atoms with Crippen LogP contribution in [0.4, 0.5) is 0 Å². The second-order valence-electron chi connectivity index (χ2n) is 7.85. The van der Waals surface area contributed by atoms with Crippen molar-refractivity contribution in [2.24, 2.45) is 23.2 Å². The third-order valence-electron chi connectivity index (χ3n) is 6.64. The number of aliphatic hydroxyl groups excluding tert-OH is 1. The smallest absolute Gasteiger partial charge is 0.311 e. The maximum absolute atomic E-state index is 12.4. The lowest BCUT2D eigenvalue weighted by molar-refractivity contribution is -0.144. The molecule has 1 heterocycles. The average molecular weight is 337 g/mol. The predicted molar refractivity (Wildman–Crippen MR) is 91.4 cm³/mol. The molecule has 0 amide bonds.